The van der Waals surface area contributed by atoms with Gasteiger partial charge in [-0.05, 0) is 6.42 Å². The van der Waals surface area contributed by atoms with Crippen molar-refractivity contribution in [1.29, 1.82) is 0 Å². The number of unbranched alkanes of at least 4 members (excludes halogenated alkanes) is 2. The van der Waals surface area contributed by atoms with E-state index in [0.717, 1.165) is 19.3 Å². The molecule has 0 heterocycles. The highest BCUT2D eigenvalue weighted by Crippen LogP contribution is 2.00. The Labute approximate surface area is 71.5 Å². The molecule has 0 atom stereocenters. The van der Waals surface area contributed by atoms with Crippen LogP contribution in [0.3, 0.4) is 0 Å². The number of hydrogen-bond acceptors (Lipinski definition) is 4. The molecule has 0 bridgehead atoms. The van der Waals surface area contributed by atoms with Crippen molar-refractivity contribution in [3.63, 3.8) is 0 Å². The highest BCUT2D eigenvalue weighted by atomic mass is 16.6. The van der Waals surface area contributed by atoms with Crippen molar-refractivity contribution in [3.8, 4) is 0 Å². The van der Waals surface area contributed by atoms with Gasteiger partial charge in [0.1, 0.15) is 6.61 Å². The van der Waals surface area contributed by atoms with Gasteiger partial charge < -0.3 is 9.84 Å². The molecule has 0 unspecified atom stereocenters. The molecule has 0 aromatic carbocycles. The fourth-order valence-electron chi connectivity index (χ4n) is 0.730. The highest BCUT2D eigenvalue weighted by molar-refractivity contribution is 5.85. The van der Waals surface area contributed by atoms with Crippen molar-refractivity contribution in [2.75, 3.05) is 6.61 Å². The van der Waals surface area contributed by atoms with Crippen LogP contribution in [0.4, 0.5) is 0 Å². The maximum absolute atomic E-state index is 10.7. The molecular formula is C8H14O4. The van der Waals surface area contributed by atoms with Gasteiger partial charge in [-0.15, -0.1) is 0 Å². The summed E-state index contributed by atoms with van der Waals surface area (Å²) in [6.07, 6.45) is 2.94. The molecule has 0 saturated carbocycles. The van der Waals surface area contributed by atoms with Crippen LogP contribution < -0.4 is 0 Å². The van der Waals surface area contributed by atoms with Crippen LogP contribution in [0.25, 0.3) is 0 Å². The van der Waals surface area contributed by atoms with E-state index in [1.54, 1.807) is 0 Å². The predicted molar refractivity (Wildman–Crippen MR) is 42.3 cm³/mol. The summed E-state index contributed by atoms with van der Waals surface area (Å²) in [4.78, 5) is 21.1. The summed E-state index contributed by atoms with van der Waals surface area (Å²) in [5.41, 5.74) is 0. The molecule has 0 aliphatic rings. The van der Waals surface area contributed by atoms with Crippen molar-refractivity contribution in [2.45, 2.75) is 32.6 Å². The Balaban J connectivity index is 3.40. The molecule has 0 aromatic heterocycles. The molecule has 4 heteroatoms. The Morgan fingerprint density at radius 1 is 1.25 bits per heavy atom. The second kappa shape index (κ2) is 6.79. The van der Waals surface area contributed by atoms with Gasteiger partial charge in [0.15, 0.2) is 0 Å². The fraction of sp³-hybridized carbons (Fsp3) is 0.750. The molecule has 0 aromatic rings. The topological polar surface area (TPSA) is 63.6 Å². The maximum atomic E-state index is 10.7. The summed E-state index contributed by atoms with van der Waals surface area (Å²) in [5.74, 6) is -1.43. The Morgan fingerprint density at radius 3 is 2.42 bits per heavy atom. The molecule has 1 N–H and O–H groups in total. The molecule has 0 radical (unpaired) electrons. The third kappa shape index (κ3) is 5.85. The molecule has 0 saturated heterocycles. The minimum atomic E-state index is -0.878. The standard InChI is InChI=1S/C8H14O4/c1-2-3-4-5-7(10)12-8(11)6-9/h9H,2-6H2,1H3. The van der Waals surface area contributed by atoms with Gasteiger partial charge in [-0.3, -0.25) is 4.79 Å². The quantitative estimate of drug-likeness (QED) is 0.377. The monoisotopic (exact) mass is 174 g/mol. The number of aliphatic hydroxyl groups excluding tert-OH is 1. The van der Waals surface area contributed by atoms with E-state index in [-0.39, 0.29) is 6.42 Å². The second-order valence-corrected chi connectivity index (χ2v) is 2.46. The number of ether oxygens (including phenoxy) is 1. The van der Waals surface area contributed by atoms with Crippen LogP contribution in [-0.2, 0) is 14.3 Å². The first-order chi connectivity index (χ1) is 5.70. The first-order valence-electron chi connectivity index (χ1n) is 4.05. The second-order valence-electron chi connectivity index (χ2n) is 2.46. The lowest BCUT2D eigenvalue weighted by Crippen LogP contribution is -2.14. The average molecular weight is 174 g/mol. The largest absolute Gasteiger partial charge is 0.391 e. The van der Waals surface area contributed by atoms with Crippen molar-refractivity contribution in [2.24, 2.45) is 0 Å². The highest BCUT2D eigenvalue weighted by Gasteiger charge is 2.07. The Hall–Kier alpha value is -0.900. The van der Waals surface area contributed by atoms with E-state index >= 15 is 0 Å². The van der Waals surface area contributed by atoms with Crippen LogP contribution in [0.15, 0.2) is 0 Å². The zero-order valence-corrected chi connectivity index (χ0v) is 7.21. The van der Waals surface area contributed by atoms with Gasteiger partial charge in [0.05, 0.1) is 0 Å². The van der Waals surface area contributed by atoms with E-state index < -0.39 is 18.5 Å². The van der Waals surface area contributed by atoms with E-state index in [2.05, 4.69) is 4.74 Å². The van der Waals surface area contributed by atoms with Crippen LogP contribution in [0.1, 0.15) is 32.6 Å². The van der Waals surface area contributed by atoms with Gasteiger partial charge in [-0.1, -0.05) is 19.8 Å². The van der Waals surface area contributed by atoms with Crippen molar-refractivity contribution < 1.29 is 19.4 Å². The van der Waals surface area contributed by atoms with Crippen molar-refractivity contribution >= 4 is 11.9 Å². The van der Waals surface area contributed by atoms with E-state index in [0.29, 0.717) is 0 Å². The van der Waals surface area contributed by atoms with Crippen molar-refractivity contribution in [1.82, 2.24) is 0 Å². The molecule has 0 fully saturated rings. The van der Waals surface area contributed by atoms with E-state index in [4.69, 9.17) is 5.11 Å². The van der Waals surface area contributed by atoms with Crippen LogP contribution >= 0.6 is 0 Å². The molecule has 12 heavy (non-hydrogen) atoms. The fourth-order valence-corrected chi connectivity index (χ4v) is 0.730. The van der Waals surface area contributed by atoms with E-state index in [1.807, 2.05) is 6.92 Å². The minimum absolute atomic E-state index is 0.250. The predicted octanol–water partition coefficient (Wildman–Crippen LogP) is 0.629. The van der Waals surface area contributed by atoms with Gasteiger partial charge in [-0.25, -0.2) is 4.79 Å². The van der Waals surface area contributed by atoms with Crippen LogP contribution in [-0.4, -0.2) is 23.7 Å². The molecular weight excluding hydrogens is 160 g/mol. The first-order valence-corrected chi connectivity index (χ1v) is 4.05. The molecule has 0 amide bonds. The number of hydrogen-bond donors (Lipinski definition) is 1. The maximum Gasteiger partial charge on any atom is 0.339 e. The van der Waals surface area contributed by atoms with Gasteiger partial charge in [0.2, 0.25) is 0 Å². The lowest BCUT2D eigenvalue weighted by molar-refractivity contribution is -0.161. The van der Waals surface area contributed by atoms with Gasteiger partial charge in [-0.2, -0.15) is 0 Å². The van der Waals surface area contributed by atoms with E-state index in [1.165, 1.54) is 0 Å². The smallest absolute Gasteiger partial charge is 0.339 e. The van der Waals surface area contributed by atoms with Gasteiger partial charge in [0.25, 0.3) is 0 Å². The number of carbonyl (C=O) groups excluding carboxylic acids is 2. The van der Waals surface area contributed by atoms with Gasteiger partial charge >= 0.3 is 11.9 Å². The number of carbonyl (C=O) groups is 2. The number of rotatable bonds is 5. The van der Waals surface area contributed by atoms with E-state index in [9.17, 15) is 9.59 Å². The molecule has 0 spiro atoms. The zero-order chi connectivity index (χ0) is 9.40. The summed E-state index contributed by atoms with van der Waals surface area (Å²) in [7, 11) is 0. The Morgan fingerprint density at radius 2 is 1.92 bits per heavy atom. The molecule has 0 aliphatic carbocycles. The summed E-state index contributed by atoms with van der Waals surface area (Å²) >= 11 is 0. The van der Waals surface area contributed by atoms with Crippen LogP contribution in [0.5, 0.6) is 0 Å². The molecule has 0 aliphatic heterocycles. The zero-order valence-electron chi connectivity index (χ0n) is 7.21. The molecule has 70 valence electrons. The lowest BCUT2D eigenvalue weighted by atomic mass is 10.2. The Kier molecular flexibility index (Phi) is 6.28. The Bertz CT molecular complexity index is 153. The normalized spacial score (nSPS) is 9.50. The van der Waals surface area contributed by atoms with Crippen LogP contribution in [0.2, 0.25) is 0 Å². The first kappa shape index (κ1) is 11.1. The summed E-state index contributed by atoms with van der Waals surface area (Å²) in [6, 6.07) is 0. The summed E-state index contributed by atoms with van der Waals surface area (Å²) < 4.78 is 4.22. The van der Waals surface area contributed by atoms with Crippen molar-refractivity contribution in [3.05, 3.63) is 0 Å². The molecule has 4 nitrogen and oxygen atoms in total. The third-order valence-corrected chi connectivity index (χ3v) is 1.34. The molecule has 0 rings (SSSR count). The number of esters is 2. The number of aliphatic hydroxyl groups is 1. The van der Waals surface area contributed by atoms with Gasteiger partial charge in [0, 0.05) is 6.42 Å². The van der Waals surface area contributed by atoms with Crippen LogP contribution in [0, 0.1) is 0 Å². The summed E-state index contributed by atoms with van der Waals surface area (Å²) in [5, 5.41) is 8.23. The third-order valence-electron chi connectivity index (χ3n) is 1.34. The summed E-state index contributed by atoms with van der Waals surface area (Å²) in [6.45, 7) is 1.28. The SMILES string of the molecule is CCCCCC(=O)OC(=O)CO. The average Bonchev–Trinajstić information content (AvgIpc) is 2.05. The minimum Gasteiger partial charge on any atom is -0.391 e. The lowest BCUT2D eigenvalue weighted by Gasteiger charge is -1.99.